The van der Waals surface area contributed by atoms with Gasteiger partial charge < -0.3 is 14.7 Å². The quantitative estimate of drug-likeness (QED) is 0.453. The van der Waals surface area contributed by atoms with Crippen LogP contribution in [-0.2, 0) is 16.0 Å². The number of ether oxygens (including phenoxy) is 1. The number of hydrogen-bond donors (Lipinski definition) is 1. The van der Waals surface area contributed by atoms with Crippen molar-refractivity contribution >= 4 is 16.7 Å². The van der Waals surface area contributed by atoms with Crippen LogP contribution in [0.3, 0.4) is 0 Å². The molecule has 2 aromatic rings. The van der Waals surface area contributed by atoms with Gasteiger partial charge in [-0.1, -0.05) is 48.9 Å². The number of carboxylic acids is 1. The summed E-state index contributed by atoms with van der Waals surface area (Å²) in [4.78, 5) is 15.8. The summed E-state index contributed by atoms with van der Waals surface area (Å²) in [6, 6.07) is 15.2. The van der Waals surface area contributed by atoms with E-state index in [1.807, 2.05) is 0 Å². The zero-order valence-corrected chi connectivity index (χ0v) is 18.8. The molecule has 0 amide bonds. The molecule has 0 saturated carbocycles. The summed E-state index contributed by atoms with van der Waals surface area (Å²) in [7, 11) is 0. The molecule has 0 unspecified atom stereocenters. The lowest BCUT2D eigenvalue weighted by Gasteiger charge is -2.27. The summed E-state index contributed by atoms with van der Waals surface area (Å²) in [6.45, 7) is 8.27. The van der Waals surface area contributed by atoms with Gasteiger partial charge in [0.1, 0.15) is 0 Å². The molecule has 3 rings (SSSR count). The Bertz CT molecular complexity index is 784. The number of carboxylic acid groups (broad SMARTS) is 1. The minimum Gasteiger partial charge on any atom is -0.481 e. The van der Waals surface area contributed by atoms with E-state index in [1.54, 1.807) is 0 Å². The highest BCUT2D eigenvalue weighted by molar-refractivity contribution is 5.85. The summed E-state index contributed by atoms with van der Waals surface area (Å²) >= 11 is 0. The number of benzene rings is 2. The van der Waals surface area contributed by atoms with E-state index in [0.717, 1.165) is 71.6 Å². The second-order valence-corrected chi connectivity index (χ2v) is 8.60. The second kappa shape index (κ2) is 13.5. The van der Waals surface area contributed by atoms with Gasteiger partial charge in [0.2, 0.25) is 0 Å². The smallest absolute Gasteiger partial charge is 0.303 e. The number of carbonyl (C=O) groups is 1. The zero-order valence-electron chi connectivity index (χ0n) is 18.8. The van der Waals surface area contributed by atoms with E-state index in [4.69, 9.17) is 9.84 Å². The van der Waals surface area contributed by atoms with Crippen LogP contribution in [0, 0.1) is 0 Å². The summed E-state index contributed by atoms with van der Waals surface area (Å²) in [5.74, 6) is -0.684. The van der Waals surface area contributed by atoms with Crippen molar-refractivity contribution in [3.63, 3.8) is 0 Å². The molecule has 0 spiro atoms. The normalized spacial score (nSPS) is 15.0. The molecule has 0 atom stereocenters. The van der Waals surface area contributed by atoms with Crippen molar-refractivity contribution in [1.29, 1.82) is 0 Å². The van der Waals surface area contributed by atoms with Crippen molar-refractivity contribution in [3.05, 3.63) is 48.0 Å². The van der Waals surface area contributed by atoms with Crippen LogP contribution in [0.25, 0.3) is 10.8 Å². The largest absolute Gasteiger partial charge is 0.481 e. The van der Waals surface area contributed by atoms with Gasteiger partial charge in [0.05, 0.1) is 13.2 Å². The predicted octanol–water partition coefficient (Wildman–Crippen LogP) is 4.44. The average Bonchev–Trinajstić information content (AvgIpc) is 2.80. The minimum absolute atomic E-state index is 0.287. The fourth-order valence-electron chi connectivity index (χ4n) is 4.41. The second-order valence-electron chi connectivity index (χ2n) is 8.60. The standard InChI is InChI=1S/C26H38N2O3/c29-26(30)13-2-1-5-15-27(16-6-7-17-28-19-21-31-22-20-28)18-14-24-11-8-10-23-9-3-4-12-25(23)24/h3-4,8-12H,1-2,5-7,13-22H2,(H,29,30). The van der Waals surface area contributed by atoms with Crippen LogP contribution < -0.4 is 0 Å². The number of aliphatic carboxylic acids is 1. The van der Waals surface area contributed by atoms with Crippen LogP contribution in [0.1, 0.15) is 44.1 Å². The van der Waals surface area contributed by atoms with Crippen LogP contribution in [-0.4, -0.2) is 73.4 Å². The molecular formula is C26H38N2O3. The van der Waals surface area contributed by atoms with Crippen molar-refractivity contribution in [2.45, 2.75) is 44.9 Å². The Morgan fingerprint density at radius 2 is 1.65 bits per heavy atom. The molecule has 170 valence electrons. The molecule has 2 aromatic carbocycles. The number of fused-ring (bicyclic) bond motifs is 1. The Labute approximate surface area is 187 Å². The molecule has 1 aliphatic heterocycles. The molecular weight excluding hydrogens is 388 g/mol. The van der Waals surface area contributed by atoms with E-state index >= 15 is 0 Å². The van der Waals surface area contributed by atoms with E-state index in [-0.39, 0.29) is 6.42 Å². The highest BCUT2D eigenvalue weighted by Crippen LogP contribution is 2.19. The van der Waals surface area contributed by atoms with Gasteiger partial charge >= 0.3 is 5.97 Å². The first-order valence-electron chi connectivity index (χ1n) is 11.9. The minimum atomic E-state index is -0.684. The first-order chi connectivity index (χ1) is 15.2. The molecule has 1 saturated heterocycles. The molecule has 1 aliphatic rings. The number of morpholine rings is 1. The Morgan fingerprint density at radius 3 is 2.45 bits per heavy atom. The Hall–Kier alpha value is -1.95. The first kappa shape index (κ1) is 23.7. The van der Waals surface area contributed by atoms with Crippen LogP contribution in [0.15, 0.2) is 42.5 Å². The molecule has 5 nitrogen and oxygen atoms in total. The molecule has 0 aromatic heterocycles. The fourth-order valence-corrected chi connectivity index (χ4v) is 4.41. The highest BCUT2D eigenvalue weighted by Gasteiger charge is 2.11. The number of nitrogens with zero attached hydrogens (tertiary/aromatic N) is 2. The van der Waals surface area contributed by atoms with Gasteiger partial charge in [-0.05, 0) is 68.1 Å². The van der Waals surface area contributed by atoms with Crippen LogP contribution in [0.4, 0.5) is 0 Å². The number of unbranched alkanes of at least 4 members (excludes halogenated alkanes) is 3. The lowest BCUT2D eigenvalue weighted by atomic mass is 10.0. The van der Waals surface area contributed by atoms with Crippen molar-refractivity contribution in [2.75, 3.05) is 52.5 Å². The molecule has 5 heteroatoms. The lowest BCUT2D eigenvalue weighted by Crippen LogP contribution is -2.37. The number of hydrogen-bond acceptors (Lipinski definition) is 4. The zero-order chi connectivity index (χ0) is 21.7. The molecule has 1 fully saturated rings. The molecule has 0 radical (unpaired) electrons. The SMILES string of the molecule is O=C(O)CCCCCN(CCCCN1CCOCC1)CCc1cccc2ccccc12. The van der Waals surface area contributed by atoms with Crippen LogP contribution >= 0.6 is 0 Å². The molecule has 1 N–H and O–H groups in total. The molecule has 0 aliphatic carbocycles. The monoisotopic (exact) mass is 426 g/mol. The van der Waals surface area contributed by atoms with Crippen molar-refractivity contribution in [1.82, 2.24) is 9.80 Å². The highest BCUT2D eigenvalue weighted by atomic mass is 16.5. The van der Waals surface area contributed by atoms with Gasteiger partial charge in [0.15, 0.2) is 0 Å². The van der Waals surface area contributed by atoms with Crippen molar-refractivity contribution in [2.24, 2.45) is 0 Å². The Morgan fingerprint density at radius 1 is 0.903 bits per heavy atom. The molecule has 31 heavy (non-hydrogen) atoms. The van der Waals surface area contributed by atoms with Crippen molar-refractivity contribution < 1.29 is 14.6 Å². The lowest BCUT2D eigenvalue weighted by molar-refractivity contribution is -0.137. The summed E-state index contributed by atoms with van der Waals surface area (Å²) in [6.07, 6.45) is 6.63. The van der Waals surface area contributed by atoms with Gasteiger partial charge in [-0.3, -0.25) is 9.69 Å². The fraction of sp³-hybridized carbons (Fsp3) is 0.577. The predicted molar refractivity (Wildman–Crippen MR) is 127 cm³/mol. The topological polar surface area (TPSA) is 53.0 Å². The summed E-state index contributed by atoms with van der Waals surface area (Å²) in [5.41, 5.74) is 1.42. The van der Waals surface area contributed by atoms with Gasteiger partial charge in [-0.15, -0.1) is 0 Å². The average molecular weight is 427 g/mol. The molecule has 0 bridgehead atoms. The van der Waals surface area contributed by atoms with E-state index in [1.165, 1.54) is 35.7 Å². The third-order valence-electron chi connectivity index (χ3n) is 6.24. The van der Waals surface area contributed by atoms with E-state index < -0.39 is 5.97 Å². The van der Waals surface area contributed by atoms with Gasteiger partial charge in [-0.25, -0.2) is 0 Å². The van der Waals surface area contributed by atoms with E-state index in [9.17, 15) is 4.79 Å². The summed E-state index contributed by atoms with van der Waals surface area (Å²) in [5, 5.41) is 11.5. The first-order valence-corrected chi connectivity index (χ1v) is 11.9. The molecule has 1 heterocycles. The van der Waals surface area contributed by atoms with Crippen LogP contribution in [0.5, 0.6) is 0 Å². The number of rotatable bonds is 14. The third kappa shape index (κ3) is 8.60. The van der Waals surface area contributed by atoms with Gasteiger partial charge in [-0.2, -0.15) is 0 Å². The van der Waals surface area contributed by atoms with Crippen molar-refractivity contribution in [3.8, 4) is 0 Å². The maximum absolute atomic E-state index is 10.7. The maximum Gasteiger partial charge on any atom is 0.303 e. The summed E-state index contributed by atoms with van der Waals surface area (Å²) < 4.78 is 5.44. The third-order valence-corrected chi connectivity index (χ3v) is 6.24. The maximum atomic E-state index is 10.7. The Kier molecular flexibility index (Phi) is 10.3. The Balaban J connectivity index is 1.47. The van der Waals surface area contributed by atoms with Crippen LogP contribution in [0.2, 0.25) is 0 Å². The van der Waals surface area contributed by atoms with E-state index in [2.05, 4.69) is 52.3 Å². The van der Waals surface area contributed by atoms with Gasteiger partial charge in [0, 0.05) is 26.1 Å². The van der Waals surface area contributed by atoms with Gasteiger partial charge in [0.25, 0.3) is 0 Å². The van der Waals surface area contributed by atoms with E-state index in [0.29, 0.717) is 0 Å².